The summed E-state index contributed by atoms with van der Waals surface area (Å²) < 4.78 is 76.5. The Hall–Kier alpha value is -3.82. The number of hydrogen-bond donors (Lipinski definition) is 0. The molecule has 0 spiro atoms. The molecule has 4 heteroatoms. The summed E-state index contributed by atoms with van der Waals surface area (Å²) in [6.07, 6.45) is 0. The van der Waals surface area contributed by atoms with Gasteiger partial charge in [-0.3, -0.25) is 0 Å². The minimum atomic E-state index is -0.584. The number of hydrogen-bond acceptors (Lipinski definition) is 3. The van der Waals surface area contributed by atoms with Crippen molar-refractivity contribution in [1.82, 2.24) is 15.0 Å². The van der Waals surface area contributed by atoms with Crippen LogP contribution in [0.3, 0.4) is 0 Å². The van der Waals surface area contributed by atoms with Crippen LogP contribution in [0.5, 0.6) is 0 Å². The van der Waals surface area contributed by atoms with Gasteiger partial charge in [0.05, 0.1) is 12.3 Å². The number of fused-ring (bicyclic) bond motifs is 4. The first-order valence-corrected chi connectivity index (χ1v) is 9.73. The molecule has 0 bridgehead atoms. The fourth-order valence-electron chi connectivity index (χ4n) is 3.64. The summed E-state index contributed by atoms with van der Waals surface area (Å²) in [6, 6.07) is 8.29. The van der Waals surface area contributed by atoms with E-state index in [-0.39, 0.29) is 44.0 Å². The highest BCUT2D eigenvalue weighted by Crippen LogP contribution is 2.35. The number of aromatic nitrogens is 3. The van der Waals surface area contributed by atoms with Crippen LogP contribution in [0.25, 0.3) is 55.1 Å². The number of halogens is 1. The largest absolute Gasteiger partial charge is 0.226 e. The van der Waals surface area contributed by atoms with Crippen molar-refractivity contribution in [3.05, 3.63) is 102 Å². The standard InChI is InChI=1S/C27H16ClN3/c28-27-30-25(23-15-7-10-17-8-1-3-11-19(17)23)29-26(31-27)24-16-18-9-2-4-12-20(18)21-13-5-6-14-22(21)24/h1-16H/i2D,4D,5D,6D,9D,12D,13D,14D,16D. The lowest BCUT2D eigenvalue weighted by Crippen LogP contribution is -1.98. The van der Waals surface area contributed by atoms with E-state index in [2.05, 4.69) is 15.0 Å². The third-order valence-electron chi connectivity index (χ3n) is 4.99. The predicted molar refractivity (Wildman–Crippen MR) is 128 cm³/mol. The SMILES string of the molecule is [2H]c1c([2H])c([2H])c2c(c1[2H])c([2H])c(-c1nc(Cl)nc(-c3cccc4ccccc34)n1)c1c([2H])c([2H])c([2H])c([2H])c12. The summed E-state index contributed by atoms with van der Waals surface area (Å²) in [5, 5.41) is 0.792. The Kier molecular flexibility index (Phi) is 2.53. The van der Waals surface area contributed by atoms with Crippen LogP contribution in [0.15, 0.2) is 96.8 Å². The normalized spacial score (nSPS) is 15.5. The van der Waals surface area contributed by atoms with E-state index in [0.29, 0.717) is 5.56 Å². The van der Waals surface area contributed by atoms with E-state index >= 15 is 0 Å². The number of benzene rings is 5. The molecule has 3 nitrogen and oxygen atoms in total. The average molecular weight is 427 g/mol. The van der Waals surface area contributed by atoms with Crippen LogP contribution in [0, 0.1) is 0 Å². The third-order valence-corrected chi connectivity index (χ3v) is 5.16. The van der Waals surface area contributed by atoms with Crippen molar-refractivity contribution in [2.75, 3.05) is 0 Å². The van der Waals surface area contributed by atoms with Gasteiger partial charge in [0.25, 0.3) is 0 Å². The molecule has 0 N–H and O–H groups in total. The van der Waals surface area contributed by atoms with Gasteiger partial charge in [0, 0.05) is 11.1 Å². The molecule has 0 aliphatic heterocycles. The summed E-state index contributed by atoms with van der Waals surface area (Å²) in [6.45, 7) is 0. The van der Waals surface area contributed by atoms with E-state index in [9.17, 15) is 0 Å². The van der Waals surface area contributed by atoms with Crippen LogP contribution in [-0.2, 0) is 0 Å². The Labute approximate surface area is 196 Å². The van der Waals surface area contributed by atoms with Gasteiger partial charge in [-0.15, -0.1) is 0 Å². The van der Waals surface area contributed by atoms with Gasteiger partial charge in [-0.2, -0.15) is 9.97 Å². The van der Waals surface area contributed by atoms with Crippen molar-refractivity contribution in [2.45, 2.75) is 0 Å². The van der Waals surface area contributed by atoms with Gasteiger partial charge in [0.15, 0.2) is 11.6 Å². The zero-order valence-electron chi connectivity index (χ0n) is 24.8. The molecule has 6 aromatic rings. The first-order valence-electron chi connectivity index (χ1n) is 13.9. The minimum absolute atomic E-state index is 0.148. The van der Waals surface area contributed by atoms with Gasteiger partial charge >= 0.3 is 0 Å². The summed E-state index contributed by atoms with van der Waals surface area (Å²) in [5.41, 5.74) is 0.467. The summed E-state index contributed by atoms with van der Waals surface area (Å²) in [4.78, 5) is 13.1. The number of rotatable bonds is 2. The smallest absolute Gasteiger partial charge is 0.208 e. The van der Waals surface area contributed by atoms with Crippen molar-refractivity contribution in [3.63, 3.8) is 0 Å². The fraction of sp³-hybridized carbons (Fsp3) is 0. The molecule has 1 aromatic heterocycles. The molecule has 0 fully saturated rings. The molecule has 0 atom stereocenters. The zero-order valence-corrected chi connectivity index (χ0v) is 16.5. The van der Waals surface area contributed by atoms with Gasteiger partial charge in [0.1, 0.15) is 0 Å². The van der Waals surface area contributed by atoms with Crippen LogP contribution >= 0.6 is 11.6 Å². The van der Waals surface area contributed by atoms with E-state index in [0.717, 1.165) is 10.8 Å². The molecule has 0 amide bonds. The van der Waals surface area contributed by atoms with Crippen molar-refractivity contribution in [1.29, 1.82) is 0 Å². The molecule has 0 saturated heterocycles. The first kappa shape index (κ1) is 11.0. The molecule has 146 valence electrons. The Bertz CT molecular complexity index is 2080. The Balaban J connectivity index is 1.83. The third kappa shape index (κ3) is 3.02. The van der Waals surface area contributed by atoms with E-state index in [1.165, 1.54) is 0 Å². The quantitative estimate of drug-likeness (QED) is 0.272. The maximum absolute atomic E-state index is 9.09. The lowest BCUT2D eigenvalue weighted by Gasteiger charge is -2.11. The highest BCUT2D eigenvalue weighted by Gasteiger charge is 2.15. The second-order valence-corrected chi connectivity index (χ2v) is 7.12. The monoisotopic (exact) mass is 426 g/mol. The van der Waals surface area contributed by atoms with Crippen LogP contribution < -0.4 is 0 Å². The molecule has 0 radical (unpaired) electrons. The predicted octanol–water partition coefficient (Wildman–Crippen LogP) is 7.32. The Morgan fingerprint density at radius 2 is 1.26 bits per heavy atom. The highest BCUT2D eigenvalue weighted by atomic mass is 35.5. The van der Waals surface area contributed by atoms with Crippen LogP contribution in [0.1, 0.15) is 12.3 Å². The lowest BCUT2D eigenvalue weighted by atomic mass is 9.97. The van der Waals surface area contributed by atoms with E-state index in [1.54, 1.807) is 6.07 Å². The van der Waals surface area contributed by atoms with Gasteiger partial charge < -0.3 is 0 Å². The Morgan fingerprint density at radius 1 is 0.581 bits per heavy atom. The van der Waals surface area contributed by atoms with E-state index in [1.807, 2.05) is 36.4 Å². The van der Waals surface area contributed by atoms with Crippen LogP contribution in [0.2, 0.25) is 5.28 Å². The lowest BCUT2D eigenvalue weighted by molar-refractivity contribution is 1.07. The molecular weight excluding hydrogens is 402 g/mol. The van der Waals surface area contributed by atoms with Gasteiger partial charge in [0.2, 0.25) is 5.28 Å². The first-order chi connectivity index (χ1) is 19.0. The van der Waals surface area contributed by atoms with Gasteiger partial charge in [-0.1, -0.05) is 90.8 Å². The fourth-order valence-corrected chi connectivity index (χ4v) is 3.80. The highest BCUT2D eigenvalue weighted by molar-refractivity contribution is 6.28. The summed E-state index contributed by atoms with van der Waals surface area (Å²) in [5.74, 6) is -0.00692. The minimum Gasteiger partial charge on any atom is -0.208 e. The maximum atomic E-state index is 9.09. The molecule has 31 heavy (non-hydrogen) atoms. The molecule has 1 heterocycles. The molecular formula is C27H16ClN3. The van der Waals surface area contributed by atoms with E-state index in [4.69, 9.17) is 23.9 Å². The maximum Gasteiger partial charge on any atom is 0.226 e. The summed E-state index contributed by atoms with van der Waals surface area (Å²) in [7, 11) is 0. The topological polar surface area (TPSA) is 38.7 Å². The molecule has 0 saturated carbocycles. The number of nitrogens with zero attached hydrogens (tertiary/aromatic N) is 3. The molecule has 0 unspecified atom stereocenters. The van der Waals surface area contributed by atoms with Crippen LogP contribution in [-0.4, -0.2) is 15.0 Å². The van der Waals surface area contributed by atoms with Crippen molar-refractivity contribution in [3.8, 4) is 22.8 Å². The van der Waals surface area contributed by atoms with Crippen molar-refractivity contribution >= 4 is 43.9 Å². The summed E-state index contributed by atoms with van der Waals surface area (Å²) >= 11 is 6.36. The van der Waals surface area contributed by atoms with Crippen LogP contribution in [0.4, 0.5) is 0 Å². The second kappa shape index (κ2) is 7.15. The van der Waals surface area contributed by atoms with E-state index < -0.39 is 54.4 Å². The van der Waals surface area contributed by atoms with Crippen molar-refractivity contribution in [2.24, 2.45) is 0 Å². The molecule has 5 aromatic carbocycles. The van der Waals surface area contributed by atoms with Gasteiger partial charge in [-0.25, -0.2) is 4.98 Å². The second-order valence-electron chi connectivity index (χ2n) is 6.78. The average Bonchev–Trinajstić information content (AvgIpc) is 2.95. The zero-order chi connectivity index (χ0) is 28.6. The molecule has 0 aliphatic rings. The molecule has 6 rings (SSSR count). The Morgan fingerprint density at radius 3 is 2.13 bits per heavy atom. The molecule has 0 aliphatic carbocycles. The van der Waals surface area contributed by atoms with Gasteiger partial charge in [-0.05, 0) is 50.0 Å². The van der Waals surface area contributed by atoms with Crippen molar-refractivity contribution < 1.29 is 12.3 Å².